The molecule has 4 heterocycles. The molecular formula is C21H21Cl2N5O2S. The van der Waals surface area contributed by atoms with Crippen molar-refractivity contribution in [1.29, 1.82) is 0 Å². The number of amides is 1. The Morgan fingerprint density at radius 3 is 2.97 bits per heavy atom. The third-order valence-corrected chi connectivity index (χ3v) is 7.30. The van der Waals surface area contributed by atoms with E-state index in [9.17, 15) is 4.79 Å². The molecule has 1 aromatic carbocycles. The number of rotatable bonds is 2. The molecule has 2 aliphatic heterocycles. The minimum Gasteiger partial charge on any atom is -0.375 e. The van der Waals surface area contributed by atoms with Crippen molar-refractivity contribution in [2.24, 2.45) is 0 Å². The van der Waals surface area contributed by atoms with Gasteiger partial charge in [0.15, 0.2) is 11.2 Å². The Hall–Kier alpha value is -2.13. The molecule has 2 N–H and O–H groups in total. The zero-order valence-electron chi connectivity index (χ0n) is 16.8. The molecule has 3 aromatic rings. The largest absolute Gasteiger partial charge is 0.375 e. The fraction of sp³-hybridized carbons (Fsp3) is 0.381. The SMILES string of the molecule is C[C@H]1c2c(Cl)cc(Cl)cc2CCN1C(=O)[C@H]1CN(c2cncc3sc(N)nc23)CCO1. The number of carbonyl (C=O) groups is 1. The number of thiazole rings is 1. The number of hydrogen-bond acceptors (Lipinski definition) is 7. The average molecular weight is 478 g/mol. The Bertz CT molecular complexity index is 1170. The Kier molecular flexibility index (Phi) is 5.42. The normalized spacial score (nSPS) is 21.4. The van der Waals surface area contributed by atoms with E-state index in [0.29, 0.717) is 47.8 Å². The summed E-state index contributed by atoms with van der Waals surface area (Å²) in [5, 5.41) is 1.72. The summed E-state index contributed by atoms with van der Waals surface area (Å²) in [6, 6.07) is 3.52. The van der Waals surface area contributed by atoms with Gasteiger partial charge < -0.3 is 20.3 Å². The fourth-order valence-corrected chi connectivity index (χ4v) is 5.91. The number of aromatic nitrogens is 2. The van der Waals surface area contributed by atoms with Gasteiger partial charge in [0.25, 0.3) is 5.91 Å². The first kappa shape index (κ1) is 20.8. The van der Waals surface area contributed by atoms with Gasteiger partial charge in [-0.2, -0.15) is 0 Å². The summed E-state index contributed by atoms with van der Waals surface area (Å²) in [4.78, 5) is 26.2. The molecule has 0 saturated carbocycles. The van der Waals surface area contributed by atoms with Crippen molar-refractivity contribution < 1.29 is 9.53 Å². The number of nitrogens with zero attached hydrogens (tertiary/aromatic N) is 4. The van der Waals surface area contributed by atoms with Gasteiger partial charge in [-0.15, -0.1) is 0 Å². The van der Waals surface area contributed by atoms with E-state index in [0.717, 1.165) is 27.0 Å². The maximum Gasteiger partial charge on any atom is 0.254 e. The number of benzene rings is 1. The van der Waals surface area contributed by atoms with Gasteiger partial charge in [0.2, 0.25) is 0 Å². The Labute approximate surface area is 193 Å². The number of ether oxygens (including phenoxy) is 1. The van der Waals surface area contributed by atoms with Crippen molar-refractivity contribution in [3.8, 4) is 0 Å². The van der Waals surface area contributed by atoms with Gasteiger partial charge in [-0.1, -0.05) is 34.5 Å². The van der Waals surface area contributed by atoms with Crippen molar-refractivity contribution in [2.75, 3.05) is 36.9 Å². The highest BCUT2D eigenvalue weighted by molar-refractivity contribution is 7.22. The maximum atomic E-state index is 13.5. The smallest absolute Gasteiger partial charge is 0.254 e. The predicted octanol–water partition coefficient (Wildman–Crippen LogP) is 3.93. The zero-order valence-corrected chi connectivity index (χ0v) is 19.2. The zero-order chi connectivity index (χ0) is 21.7. The minimum absolute atomic E-state index is 0.0354. The predicted molar refractivity (Wildman–Crippen MR) is 124 cm³/mol. The number of halogens is 2. The molecule has 1 saturated heterocycles. The molecule has 0 aliphatic carbocycles. The maximum absolute atomic E-state index is 13.5. The third-order valence-electron chi connectivity index (χ3n) is 5.95. The van der Waals surface area contributed by atoms with Gasteiger partial charge >= 0.3 is 0 Å². The van der Waals surface area contributed by atoms with Crippen molar-refractivity contribution in [1.82, 2.24) is 14.9 Å². The van der Waals surface area contributed by atoms with E-state index < -0.39 is 6.10 Å². The summed E-state index contributed by atoms with van der Waals surface area (Å²) in [5.74, 6) is -0.0354. The van der Waals surface area contributed by atoms with Gasteiger partial charge in [-0.3, -0.25) is 9.78 Å². The van der Waals surface area contributed by atoms with Crippen LogP contribution in [0.4, 0.5) is 10.8 Å². The van der Waals surface area contributed by atoms with Crippen LogP contribution >= 0.6 is 34.5 Å². The molecule has 5 rings (SSSR count). The van der Waals surface area contributed by atoms with Crippen molar-refractivity contribution in [3.63, 3.8) is 0 Å². The van der Waals surface area contributed by atoms with Crippen LogP contribution in [0.3, 0.4) is 0 Å². The van der Waals surface area contributed by atoms with Gasteiger partial charge in [0.1, 0.15) is 5.52 Å². The van der Waals surface area contributed by atoms with Crippen molar-refractivity contribution in [2.45, 2.75) is 25.5 Å². The van der Waals surface area contributed by atoms with E-state index in [1.165, 1.54) is 11.3 Å². The van der Waals surface area contributed by atoms with Crippen LogP contribution in [0.1, 0.15) is 24.1 Å². The number of fused-ring (bicyclic) bond motifs is 2. The second-order valence-corrected chi connectivity index (χ2v) is 9.69. The number of pyridine rings is 1. The molecule has 2 atom stereocenters. The number of anilines is 2. The lowest BCUT2D eigenvalue weighted by Gasteiger charge is -2.40. The van der Waals surface area contributed by atoms with Gasteiger partial charge in [-0.05, 0) is 36.6 Å². The van der Waals surface area contributed by atoms with Crippen LogP contribution in [-0.2, 0) is 16.0 Å². The van der Waals surface area contributed by atoms with E-state index in [1.807, 2.05) is 17.9 Å². The number of hydrogen-bond donors (Lipinski definition) is 1. The van der Waals surface area contributed by atoms with E-state index in [4.69, 9.17) is 33.7 Å². The Balaban J connectivity index is 1.38. The summed E-state index contributed by atoms with van der Waals surface area (Å²) >= 11 is 14.0. The van der Waals surface area contributed by atoms with Crippen LogP contribution in [0.2, 0.25) is 10.0 Å². The summed E-state index contributed by atoms with van der Waals surface area (Å²) in [6.07, 6.45) is 3.68. The summed E-state index contributed by atoms with van der Waals surface area (Å²) < 4.78 is 6.83. The Morgan fingerprint density at radius 1 is 1.29 bits per heavy atom. The number of nitrogens with two attached hydrogens (primary N) is 1. The fourth-order valence-electron chi connectivity index (χ4n) is 4.49. The summed E-state index contributed by atoms with van der Waals surface area (Å²) in [5.41, 5.74) is 9.64. The van der Waals surface area contributed by atoms with Crippen LogP contribution in [0.5, 0.6) is 0 Å². The molecule has 7 nitrogen and oxygen atoms in total. The molecule has 2 aromatic heterocycles. The molecule has 1 amide bonds. The minimum atomic E-state index is -0.574. The molecule has 2 aliphatic rings. The first-order valence-electron chi connectivity index (χ1n) is 10.1. The van der Waals surface area contributed by atoms with Gasteiger partial charge in [0.05, 0.1) is 35.8 Å². The number of morpholine rings is 1. The molecule has 0 unspecified atom stereocenters. The lowest BCUT2D eigenvalue weighted by atomic mass is 9.93. The highest BCUT2D eigenvalue weighted by Gasteiger charge is 2.36. The molecule has 10 heteroatoms. The van der Waals surface area contributed by atoms with Crippen LogP contribution in [0.25, 0.3) is 10.2 Å². The average Bonchev–Trinajstić information content (AvgIpc) is 3.13. The van der Waals surface area contributed by atoms with Crippen LogP contribution in [0, 0.1) is 0 Å². The summed E-state index contributed by atoms with van der Waals surface area (Å²) in [7, 11) is 0. The standard InChI is InChI=1S/C21H21Cl2N5O2S/c1-11-18-12(6-13(22)7-14(18)23)2-3-28(11)20(29)16-10-27(4-5-30-16)15-8-25-9-17-19(15)26-21(24)31-17/h6-9,11,16H,2-5,10H2,1H3,(H2,24,26)/t11-,16+/m0/s1. The molecular weight excluding hydrogens is 457 g/mol. The molecule has 1 fully saturated rings. The van der Waals surface area contributed by atoms with Crippen LogP contribution in [0.15, 0.2) is 24.5 Å². The monoisotopic (exact) mass is 477 g/mol. The number of carbonyl (C=O) groups excluding carboxylic acids is 1. The topological polar surface area (TPSA) is 84.6 Å². The van der Waals surface area contributed by atoms with Crippen LogP contribution in [-0.4, -0.2) is 53.1 Å². The highest BCUT2D eigenvalue weighted by Crippen LogP contribution is 2.38. The highest BCUT2D eigenvalue weighted by atomic mass is 35.5. The number of nitrogen functional groups attached to an aromatic ring is 1. The second-order valence-electron chi connectivity index (χ2n) is 7.78. The first-order valence-corrected chi connectivity index (χ1v) is 11.6. The lowest BCUT2D eigenvalue weighted by Crippen LogP contribution is -2.53. The van der Waals surface area contributed by atoms with E-state index >= 15 is 0 Å². The first-order chi connectivity index (χ1) is 14.9. The molecule has 0 radical (unpaired) electrons. The molecule has 0 spiro atoms. The van der Waals surface area contributed by atoms with E-state index in [1.54, 1.807) is 18.5 Å². The summed E-state index contributed by atoms with van der Waals surface area (Å²) in [6.45, 7) is 4.13. The molecule has 31 heavy (non-hydrogen) atoms. The van der Waals surface area contributed by atoms with Crippen LogP contribution < -0.4 is 10.6 Å². The lowest BCUT2D eigenvalue weighted by molar-refractivity contribution is -0.147. The molecule has 162 valence electrons. The van der Waals surface area contributed by atoms with E-state index in [2.05, 4.69) is 14.9 Å². The Morgan fingerprint density at radius 2 is 2.13 bits per heavy atom. The van der Waals surface area contributed by atoms with Gasteiger partial charge in [0, 0.05) is 29.3 Å². The second kappa shape index (κ2) is 8.09. The van der Waals surface area contributed by atoms with Crippen molar-refractivity contribution >= 4 is 61.5 Å². The van der Waals surface area contributed by atoms with Gasteiger partial charge in [-0.25, -0.2) is 4.98 Å². The quantitative estimate of drug-likeness (QED) is 0.601. The third kappa shape index (κ3) is 3.71. The van der Waals surface area contributed by atoms with E-state index in [-0.39, 0.29) is 11.9 Å². The molecule has 0 bridgehead atoms. The van der Waals surface area contributed by atoms with Crippen molar-refractivity contribution in [3.05, 3.63) is 45.7 Å².